The maximum absolute atomic E-state index is 9.24. The van der Waals surface area contributed by atoms with Crippen LogP contribution in [0.2, 0.25) is 0 Å². The van der Waals surface area contributed by atoms with E-state index in [1.165, 1.54) is 16.9 Å². The molecular weight excluding hydrogens is 354 g/mol. The summed E-state index contributed by atoms with van der Waals surface area (Å²) in [4.78, 5) is 7.30. The number of rotatable bonds is 6. The number of nitrogens with one attached hydrogen (secondary N) is 1. The van der Waals surface area contributed by atoms with Crippen molar-refractivity contribution in [1.82, 2.24) is 9.88 Å². The summed E-state index contributed by atoms with van der Waals surface area (Å²) in [5.74, 6) is 1.47. The average molecular weight is 386 g/mol. The van der Waals surface area contributed by atoms with Crippen LogP contribution >= 0.6 is 0 Å². The number of aliphatic hydroxyl groups is 1. The van der Waals surface area contributed by atoms with Crippen molar-refractivity contribution >= 4 is 16.6 Å². The van der Waals surface area contributed by atoms with Crippen LogP contribution in [0.3, 0.4) is 0 Å². The third-order valence-electron chi connectivity index (χ3n) is 6.10. The topological polar surface area (TPSA) is 66.9 Å². The maximum atomic E-state index is 9.24. The Balaban J connectivity index is 1.69. The van der Waals surface area contributed by atoms with Crippen molar-refractivity contribution in [1.29, 1.82) is 0 Å². The van der Waals surface area contributed by atoms with Crippen molar-refractivity contribution in [3.8, 4) is 11.5 Å². The smallest absolute Gasteiger partial charge is 0.162 e. The number of hydrogen-bond acceptors (Lipinski definition) is 6. The lowest BCUT2D eigenvalue weighted by Crippen LogP contribution is -2.29. The highest BCUT2D eigenvalue weighted by Crippen LogP contribution is 2.40. The summed E-state index contributed by atoms with van der Waals surface area (Å²) in [6.45, 7) is 3.11. The highest BCUT2D eigenvalue weighted by Gasteiger charge is 2.24. The number of aliphatic hydroxyl groups excluding tert-OH is 1. The van der Waals surface area contributed by atoms with Crippen molar-refractivity contribution in [2.75, 3.05) is 45.8 Å². The summed E-state index contributed by atoms with van der Waals surface area (Å²) in [7, 11) is 3.35. The van der Waals surface area contributed by atoms with E-state index in [9.17, 15) is 5.11 Å². The van der Waals surface area contributed by atoms with Crippen molar-refractivity contribution in [2.24, 2.45) is 0 Å². The molecule has 152 valence electrons. The van der Waals surface area contributed by atoms with Gasteiger partial charge >= 0.3 is 0 Å². The quantitative estimate of drug-likeness (QED) is 0.797. The molecule has 2 heterocycles. The van der Waals surface area contributed by atoms with Crippen LogP contribution in [0, 0.1) is 0 Å². The lowest BCUT2D eigenvalue weighted by molar-refractivity contribution is 0.200. The summed E-state index contributed by atoms with van der Waals surface area (Å²) in [5.41, 5.74) is 4.80. The molecule has 1 aliphatic carbocycles. The number of aryl methyl sites for hydroxylation is 1. The number of anilines is 1. The fourth-order valence-electron chi connectivity index (χ4n) is 4.62. The van der Waals surface area contributed by atoms with Gasteiger partial charge in [0.25, 0.3) is 0 Å². The molecule has 0 bridgehead atoms. The zero-order chi connectivity index (χ0) is 19.5. The van der Waals surface area contributed by atoms with Crippen LogP contribution in [0.25, 0.3) is 10.9 Å². The molecule has 28 heavy (non-hydrogen) atoms. The van der Waals surface area contributed by atoms with Gasteiger partial charge in [0, 0.05) is 42.0 Å². The minimum Gasteiger partial charge on any atom is -0.493 e. The minimum atomic E-state index is 0.238. The third kappa shape index (κ3) is 3.76. The lowest BCUT2D eigenvalue weighted by Gasteiger charge is -2.23. The van der Waals surface area contributed by atoms with E-state index in [1.807, 2.05) is 6.07 Å². The molecule has 1 aromatic carbocycles. The molecule has 1 atom stereocenters. The lowest BCUT2D eigenvalue weighted by atomic mass is 10.0. The molecule has 6 nitrogen and oxygen atoms in total. The zero-order valence-corrected chi connectivity index (χ0v) is 17.0. The summed E-state index contributed by atoms with van der Waals surface area (Å²) in [6.07, 6.45) is 6.68. The first-order chi connectivity index (χ1) is 13.7. The number of hydrogen-bond donors (Lipinski definition) is 2. The van der Waals surface area contributed by atoms with Crippen LogP contribution in [-0.4, -0.2) is 61.5 Å². The van der Waals surface area contributed by atoms with Gasteiger partial charge < -0.3 is 24.8 Å². The van der Waals surface area contributed by atoms with Crippen LogP contribution in [0.5, 0.6) is 11.5 Å². The van der Waals surface area contributed by atoms with Crippen LogP contribution in [0.1, 0.15) is 36.9 Å². The number of aromatic nitrogens is 1. The highest BCUT2D eigenvalue weighted by atomic mass is 16.5. The van der Waals surface area contributed by atoms with Gasteiger partial charge in [0.2, 0.25) is 0 Å². The number of ether oxygens (including phenoxy) is 2. The van der Waals surface area contributed by atoms with Gasteiger partial charge in [-0.1, -0.05) is 0 Å². The molecule has 0 saturated carbocycles. The van der Waals surface area contributed by atoms with Crippen LogP contribution < -0.4 is 14.8 Å². The second-order valence-electron chi connectivity index (χ2n) is 7.83. The highest BCUT2D eigenvalue weighted by molar-refractivity contribution is 5.96. The van der Waals surface area contributed by atoms with Gasteiger partial charge in [-0.25, -0.2) is 0 Å². The Morgan fingerprint density at radius 2 is 1.93 bits per heavy atom. The molecule has 0 radical (unpaired) electrons. The summed E-state index contributed by atoms with van der Waals surface area (Å²) in [5, 5.41) is 14.3. The Morgan fingerprint density at radius 1 is 1.11 bits per heavy atom. The van der Waals surface area contributed by atoms with Gasteiger partial charge in [0.05, 0.1) is 26.3 Å². The van der Waals surface area contributed by atoms with Crippen LogP contribution in [0.15, 0.2) is 12.1 Å². The monoisotopic (exact) mass is 385 g/mol. The molecule has 0 unspecified atom stereocenters. The Kier molecular flexibility index (Phi) is 5.87. The SMILES string of the molecule is COc1cc2nc3c(c(N[C@@H]4CCCN(CCO)CC4)c2cc1OC)CCC3. The largest absolute Gasteiger partial charge is 0.493 e. The van der Waals surface area contributed by atoms with E-state index in [4.69, 9.17) is 14.5 Å². The molecule has 1 aromatic heterocycles. The number of fused-ring (bicyclic) bond motifs is 2. The Labute approximate surface area is 166 Å². The van der Waals surface area contributed by atoms with E-state index >= 15 is 0 Å². The molecule has 2 N–H and O–H groups in total. The molecule has 4 rings (SSSR count). The molecule has 1 fully saturated rings. The van der Waals surface area contributed by atoms with Crippen molar-refractivity contribution in [3.05, 3.63) is 23.4 Å². The number of pyridine rings is 1. The van der Waals surface area contributed by atoms with Gasteiger partial charge in [-0.05, 0) is 56.7 Å². The zero-order valence-electron chi connectivity index (χ0n) is 17.0. The van der Waals surface area contributed by atoms with E-state index in [-0.39, 0.29) is 6.61 Å². The Hall–Kier alpha value is -2.05. The predicted octanol–water partition coefficient (Wildman–Crippen LogP) is 3.00. The van der Waals surface area contributed by atoms with Gasteiger partial charge in [0.15, 0.2) is 11.5 Å². The molecule has 0 spiro atoms. The summed E-state index contributed by atoms with van der Waals surface area (Å²) < 4.78 is 11.1. The maximum Gasteiger partial charge on any atom is 0.162 e. The number of likely N-dealkylation sites (tertiary alicyclic amines) is 1. The van der Waals surface area contributed by atoms with Crippen molar-refractivity contribution in [3.63, 3.8) is 0 Å². The Bertz CT molecular complexity index is 840. The number of benzene rings is 1. The minimum absolute atomic E-state index is 0.238. The fourth-order valence-corrected chi connectivity index (χ4v) is 4.62. The first-order valence-corrected chi connectivity index (χ1v) is 10.4. The van der Waals surface area contributed by atoms with Crippen LogP contribution in [-0.2, 0) is 12.8 Å². The first-order valence-electron chi connectivity index (χ1n) is 10.4. The normalized spacial score (nSPS) is 20.0. The number of methoxy groups -OCH3 is 2. The van der Waals surface area contributed by atoms with E-state index in [0.717, 1.165) is 80.6 Å². The third-order valence-corrected chi connectivity index (χ3v) is 6.10. The second-order valence-corrected chi connectivity index (χ2v) is 7.83. The van der Waals surface area contributed by atoms with E-state index in [0.29, 0.717) is 6.04 Å². The van der Waals surface area contributed by atoms with Crippen molar-refractivity contribution < 1.29 is 14.6 Å². The molecule has 6 heteroatoms. The van der Waals surface area contributed by atoms with Gasteiger partial charge in [-0.2, -0.15) is 0 Å². The second kappa shape index (κ2) is 8.53. The number of nitrogens with zero attached hydrogens (tertiary/aromatic N) is 2. The molecule has 0 amide bonds. The van der Waals surface area contributed by atoms with Gasteiger partial charge in [-0.15, -0.1) is 0 Å². The standard InChI is InChI=1S/C22H31N3O3/c1-27-20-13-17-19(14-21(20)28-2)24-18-7-3-6-16(18)22(17)23-15-5-4-9-25(10-8-15)11-12-26/h13-15,26H,3-12H2,1-2H3,(H,23,24)/t15-/m1/s1. The van der Waals surface area contributed by atoms with Gasteiger partial charge in [-0.3, -0.25) is 4.98 Å². The average Bonchev–Trinajstić information content (AvgIpc) is 3.07. The van der Waals surface area contributed by atoms with Crippen LogP contribution in [0.4, 0.5) is 5.69 Å². The van der Waals surface area contributed by atoms with Gasteiger partial charge in [0.1, 0.15) is 0 Å². The van der Waals surface area contributed by atoms with Crippen molar-refractivity contribution in [2.45, 2.75) is 44.6 Å². The predicted molar refractivity (Wildman–Crippen MR) is 112 cm³/mol. The van der Waals surface area contributed by atoms with E-state index in [1.54, 1.807) is 14.2 Å². The molecule has 1 aliphatic heterocycles. The molecule has 1 saturated heterocycles. The van der Waals surface area contributed by atoms with E-state index < -0.39 is 0 Å². The fraction of sp³-hybridized carbons (Fsp3) is 0.591. The van der Waals surface area contributed by atoms with E-state index in [2.05, 4.69) is 16.3 Å². The number of β-amino-alcohol motifs (C(OH)–C–C–N with tert-alkyl or cyclic N) is 1. The molecule has 2 aliphatic rings. The molecular formula is C22H31N3O3. The summed E-state index contributed by atoms with van der Waals surface area (Å²) in [6, 6.07) is 4.50. The molecule has 2 aromatic rings. The first kappa shape index (κ1) is 19.3. The summed E-state index contributed by atoms with van der Waals surface area (Å²) >= 11 is 0. The Morgan fingerprint density at radius 3 is 2.71 bits per heavy atom.